The highest BCUT2D eigenvalue weighted by atomic mass is 32.2. The standard InChI is InChI=1S/C18H16N8O8S2/c1-24-18(20-22-23-24)36-6-8-5-35-16-12(15(29)25(16)13(8)17(30)31)19-14(28)11(21-32)7-2-3-10(27)9(4-7)26(33)34/h2-4,12,16,27,32H,5-6H2,1H3,(H,19,28)(H,30,31)/t12?,16-/m1/s1. The molecule has 0 spiro atoms. The molecule has 0 saturated carbocycles. The molecule has 2 aliphatic rings. The van der Waals surface area contributed by atoms with Crippen molar-refractivity contribution in [2.75, 3.05) is 11.5 Å². The second kappa shape index (κ2) is 9.82. The number of amides is 2. The smallest absolute Gasteiger partial charge is 0.352 e. The highest BCUT2D eigenvalue weighted by Crippen LogP contribution is 2.41. The number of aryl methyl sites for hydroxylation is 1. The Labute approximate surface area is 209 Å². The fraction of sp³-hybridized carbons (Fsp3) is 0.278. The number of β-lactam (4-membered cyclic amide) rings is 1. The molecule has 3 heterocycles. The van der Waals surface area contributed by atoms with Gasteiger partial charge in [-0.15, -0.1) is 16.9 Å². The minimum Gasteiger partial charge on any atom is -0.502 e. The van der Waals surface area contributed by atoms with Gasteiger partial charge in [0.25, 0.3) is 11.8 Å². The zero-order chi connectivity index (χ0) is 26.1. The molecule has 0 bridgehead atoms. The van der Waals surface area contributed by atoms with Crippen LogP contribution in [0.4, 0.5) is 5.69 Å². The number of hydrogen-bond donors (Lipinski definition) is 4. The molecule has 4 rings (SSSR count). The number of phenols is 1. The number of nitrogens with zero attached hydrogens (tertiary/aromatic N) is 7. The lowest BCUT2D eigenvalue weighted by Gasteiger charge is -2.49. The lowest BCUT2D eigenvalue weighted by molar-refractivity contribution is -0.385. The molecule has 0 aliphatic carbocycles. The van der Waals surface area contributed by atoms with Gasteiger partial charge in [0.05, 0.1) is 4.92 Å². The van der Waals surface area contributed by atoms with Crippen molar-refractivity contribution in [1.29, 1.82) is 0 Å². The molecular weight excluding hydrogens is 520 g/mol. The average molecular weight is 537 g/mol. The third-order valence-corrected chi connectivity index (χ3v) is 7.69. The summed E-state index contributed by atoms with van der Waals surface area (Å²) in [6, 6.07) is 1.80. The molecular formula is C18H16N8O8S2. The number of thioether (sulfide) groups is 2. The van der Waals surface area contributed by atoms with Crippen molar-refractivity contribution in [3.63, 3.8) is 0 Å². The molecule has 16 nitrogen and oxygen atoms in total. The van der Waals surface area contributed by atoms with Crippen molar-refractivity contribution >= 4 is 52.7 Å². The number of rotatable bonds is 8. The number of carbonyl (C=O) groups excluding carboxylic acids is 2. The summed E-state index contributed by atoms with van der Waals surface area (Å²) in [5, 5.41) is 55.8. The minimum absolute atomic E-state index is 0.178. The lowest BCUT2D eigenvalue weighted by atomic mass is 10.0. The molecule has 0 radical (unpaired) electrons. The molecule has 1 saturated heterocycles. The van der Waals surface area contributed by atoms with Gasteiger partial charge < -0.3 is 20.7 Å². The number of carboxylic acid groups (broad SMARTS) is 1. The van der Waals surface area contributed by atoms with Crippen LogP contribution in [0, 0.1) is 10.1 Å². The molecule has 2 aromatic rings. The number of aliphatic carboxylic acids is 1. The van der Waals surface area contributed by atoms with E-state index in [0.717, 1.165) is 23.1 Å². The Balaban J connectivity index is 1.50. The maximum Gasteiger partial charge on any atom is 0.352 e. The van der Waals surface area contributed by atoms with Crippen LogP contribution < -0.4 is 5.32 Å². The van der Waals surface area contributed by atoms with Gasteiger partial charge in [0.2, 0.25) is 5.16 Å². The molecule has 18 heteroatoms. The summed E-state index contributed by atoms with van der Waals surface area (Å²) in [6.07, 6.45) is 0. The van der Waals surface area contributed by atoms with Crippen molar-refractivity contribution in [1.82, 2.24) is 30.4 Å². The molecule has 2 amide bonds. The summed E-state index contributed by atoms with van der Waals surface area (Å²) in [5.41, 5.74) is -1.24. The predicted octanol–water partition coefficient (Wildman–Crippen LogP) is -0.467. The lowest BCUT2D eigenvalue weighted by Crippen LogP contribution is -2.71. The summed E-state index contributed by atoms with van der Waals surface area (Å²) >= 11 is 2.44. The van der Waals surface area contributed by atoms with E-state index in [1.54, 1.807) is 7.05 Å². The summed E-state index contributed by atoms with van der Waals surface area (Å²) in [5.74, 6) is -3.19. The Morgan fingerprint density at radius 2 is 2.17 bits per heavy atom. The maximum absolute atomic E-state index is 12.8. The first-order chi connectivity index (χ1) is 17.1. The average Bonchev–Trinajstić information content (AvgIpc) is 3.26. The van der Waals surface area contributed by atoms with E-state index in [1.165, 1.54) is 28.2 Å². The maximum atomic E-state index is 12.8. The normalized spacial score (nSPS) is 19.5. The zero-order valence-electron chi connectivity index (χ0n) is 18.1. The number of fused-ring (bicyclic) bond motifs is 1. The van der Waals surface area contributed by atoms with E-state index in [9.17, 15) is 39.9 Å². The first kappa shape index (κ1) is 24.9. The largest absolute Gasteiger partial charge is 0.502 e. The van der Waals surface area contributed by atoms with Gasteiger partial charge in [-0.25, -0.2) is 9.48 Å². The van der Waals surface area contributed by atoms with Crippen molar-refractivity contribution in [2.24, 2.45) is 12.2 Å². The Kier molecular flexibility index (Phi) is 6.80. The number of aromatic hydroxyl groups is 1. The van der Waals surface area contributed by atoms with Gasteiger partial charge in [-0.1, -0.05) is 16.9 Å². The van der Waals surface area contributed by atoms with Gasteiger partial charge >= 0.3 is 11.7 Å². The monoisotopic (exact) mass is 536 g/mol. The highest BCUT2D eigenvalue weighted by molar-refractivity contribution is 8.01. The Morgan fingerprint density at radius 3 is 2.78 bits per heavy atom. The van der Waals surface area contributed by atoms with Crippen LogP contribution in [0.1, 0.15) is 5.56 Å². The number of nitrogens with one attached hydrogen (secondary N) is 1. The summed E-state index contributed by atoms with van der Waals surface area (Å²) in [7, 11) is 1.63. The second-order valence-electron chi connectivity index (χ2n) is 7.40. The number of carboxylic acids is 1. The minimum atomic E-state index is -1.31. The van der Waals surface area contributed by atoms with Crippen molar-refractivity contribution < 1.29 is 34.7 Å². The Hall–Kier alpha value is -4.19. The van der Waals surface area contributed by atoms with Gasteiger partial charge in [0, 0.05) is 30.2 Å². The van der Waals surface area contributed by atoms with Crippen LogP contribution in [-0.4, -0.2) is 91.9 Å². The van der Waals surface area contributed by atoms with Crippen molar-refractivity contribution in [3.8, 4) is 5.75 Å². The van der Waals surface area contributed by atoms with E-state index in [1.807, 2.05) is 0 Å². The number of phenolic OH excluding ortho intramolecular Hbond substituents is 1. The zero-order valence-corrected chi connectivity index (χ0v) is 19.8. The molecule has 2 atom stereocenters. The van der Waals surface area contributed by atoms with Gasteiger partial charge in [0.15, 0.2) is 11.5 Å². The first-order valence-electron chi connectivity index (χ1n) is 9.89. The number of carbonyl (C=O) groups is 3. The summed E-state index contributed by atoms with van der Waals surface area (Å²) in [4.78, 5) is 48.8. The van der Waals surface area contributed by atoms with E-state index in [2.05, 4.69) is 26.0 Å². The van der Waals surface area contributed by atoms with Crippen molar-refractivity contribution in [3.05, 3.63) is 45.1 Å². The number of nitro benzene ring substituents is 1. The van der Waals surface area contributed by atoms with Crippen molar-refractivity contribution in [2.45, 2.75) is 16.6 Å². The fourth-order valence-corrected chi connectivity index (χ4v) is 5.89. The molecule has 1 unspecified atom stereocenters. The second-order valence-corrected chi connectivity index (χ2v) is 9.45. The predicted molar refractivity (Wildman–Crippen MR) is 122 cm³/mol. The molecule has 4 N–H and O–H groups in total. The first-order valence-corrected chi connectivity index (χ1v) is 11.9. The Bertz CT molecular complexity index is 1340. The quantitative estimate of drug-likeness (QED) is 0.0837. The number of hydrogen-bond acceptors (Lipinski definition) is 13. The molecule has 36 heavy (non-hydrogen) atoms. The molecule has 1 aromatic carbocycles. The summed E-state index contributed by atoms with van der Waals surface area (Å²) in [6.45, 7) is 0. The van der Waals surface area contributed by atoms with Gasteiger partial charge in [-0.3, -0.25) is 24.6 Å². The number of tetrazole rings is 1. The fourth-order valence-electron chi connectivity index (χ4n) is 3.55. The SMILES string of the molecule is Cn1nnnc1SCC1=C(C(=O)O)N2C(=O)C(NC(=O)C(=NO)c3ccc(O)c([N+](=O)[O-])c3)[C@H]2SC1. The van der Waals surface area contributed by atoms with Gasteiger partial charge in [0.1, 0.15) is 17.1 Å². The number of oxime groups is 1. The molecule has 2 aliphatic heterocycles. The third-order valence-electron chi connectivity index (χ3n) is 5.25. The van der Waals surface area contributed by atoms with E-state index in [4.69, 9.17) is 0 Å². The Morgan fingerprint density at radius 1 is 1.42 bits per heavy atom. The summed E-state index contributed by atoms with van der Waals surface area (Å²) < 4.78 is 1.42. The van der Waals surface area contributed by atoms with Crippen LogP contribution in [0.25, 0.3) is 0 Å². The van der Waals surface area contributed by atoms with Crippen LogP contribution in [0.3, 0.4) is 0 Å². The molecule has 188 valence electrons. The van der Waals surface area contributed by atoms with Crippen LogP contribution in [0.15, 0.2) is 39.8 Å². The molecule has 1 fully saturated rings. The van der Waals surface area contributed by atoms with E-state index < -0.39 is 51.3 Å². The number of aromatic nitrogens is 4. The highest BCUT2D eigenvalue weighted by Gasteiger charge is 2.54. The van der Waals surface area contributed by atoms with E-state index in [0.29, 0.717) is 10.7 Å². The van der Waals surface area contributed by atoms with Crippen LogP contribution in [-0.2, 0) is 21.4 Å². The van der Waals surface area contributed by atoms with E-state index >= 15 is 0 Å². The van der Waals surface area contributed by atoms with E-state index in [-0.39, 0.29) is 22.8 Å². The van der Waals surface area contributed by atoms with Gasteiger partial charge in [-0.2, -0.15) is 0 Å². The van der Waals surface area contributed by atoms with Crippen LogP contribution >= 0.6 is 23.5 Å². The number of benzene rings is 1. The molecule has 1 aromatic heterocycles. The van der Waals surface area contributed by atoms with Crippen LogP contribution in [0.2, 0.25) is 0 Å². The van der Waals surface area contributed by atoms with Gasteiger partial charge in [-0.05, 0) is 28.1 Å². The third kappa shape index (κ3) is 4.42. The topological polar surface area (TPSA) is 226 Å². The number of nitro groups is 1. The van der Waals surface area contributed by atoms with Crippen LogP contribution in [0.5, 0.6) is 5.75 Å².